The molecule has 7 nitrogen and oxygen atoms in total. The molecule has 1 N–H and O–H groups in total. The Kier molecular flexibility index (Phi) is 6.73. The number of thiophene rings is 1. The van der Waals surface area contributed by atoms with Gasteiger partial charge in [-0.05, 0) is 37.3 Å². The maximum absolute atomic E-state index is 13.4. The highest BCUT2D eigenvalue weighted by molar-refractivity contribution is 7.20. The van der Waals surface area contributed by atoms with E-state index in [0.29, 0.717) is 42.4 Å². The van der Waals surface area contributed by atoms with Crippen molar-refractivity contribution in [3.8, 4) is 5.75 Å². The van der Waals surface area contributed by atoms with Crippen LogP contribution in [-0.2, 0) is 6.54 Å². The van der Waals surface area contributed by atoms with Crippen molar-refractivity contribution in [3.63, 3.8) is 0 Å². The number of rotatable bonds is 7. The van der Waals surface area contributed by atoms with Crippen LogP contribution >= 0.6 is 11.3 Å². The molecule has 1 saturated carbocycles. The Bertz CT molecular complexity index is 1140. The average Bonchev–Trinajstić information content (AvgIpc) is 3.15. The molecule has 1 amide bonds. The maximum atomic E-state index is 13.4. The number of carbonyl (C=O) groups is 1. The van der Waals surface area contributed by atoms with Gasteiger partial charge in [0.25, 0.3) is 5.91 Å². The molecule has 3 aromatic rings. The Balaban J connectivity index is 1.51. The summed E-state index contributed by atoms with van der Waals surface area (Å²) in [5.74, 6) is -1.21. The van der Waals surface area contributed by atoms with E-state index in [9.17, 15) is 13.6 Å². The summed E-state index contributed by atoms with van der Waals surface area (Å²) in [7, 11) is 3.32. The molecule has 1 aliphatic carbocycles. The molecular weight excluding hydrogens is 448 g/mol. The second kappa shape index (κ2) is 9.54. The van der Waals surface area contributed by atoms with Crippen molar-refractivity contribution in [2.75, 3.05) is 26.0 Å². The molecule has 0 saturated heterocycles. The highest BCUT2D eigenvalue weighted by atomic mass is 32.1. The summed E-state index contributed by atoms with van der Waals surface area (Å²) >= 11 is 1.33. The molecule has 0 radical (unpaired) electrons. The number of aryl methyl sites for hydroxylation is 1. The lowest BCUT2D eigenvalue weighted by atomic mass is 9.87. The first-order chi connectivity index (χ1) is 15.8. The van der Waals surface area contributed by atoms with Crippen LogP contribution in [0.5, 0.6) is 5.75 Å². The number of anilines is 1. The van der Waals surface area contributed by atoms with E-state index in [1.54, 1.807) is 31.5 Å². The first kappa shape index (κ1) is 23.3. The van der Waals surface area contributed by atoms with Crippen LogP contribution in [0.15, 0.2) is 24.8 Å². The van der Waals surface area contributed by atoms with Crippen molar-refractivity contribution >= 4 is 33.3 Å². The first-order valence-electron chi connectivity index (χ1n) is 10.9. The Morgan fingerprint density at radius 2 is 2.09 bits per heavy atom. The molecule has 0 bridgehead atoms. The molecule has 3 heterocycles. The molecule has 33 heavy (non-hydrogen) atoms. The average molecular weight is 476 g/mol. The Hall–Kier alpha value is -2.88. The summed E-state index contributed by atoms with van der Waals surface area (Å²) < 4.78 is 32.2. The normalized spacial score (nSPS) is 16.0. The first-order valence-corrected chi connectivity index (χ1v) is 11.7. The fourth-order valence-corrected chi connectivity index (χ4v) is 5.32. The van der Waals surface area contributed by atoms with Crippen LogP contribution in [0.2, 0.25) is 0 Å². The molecule has 4 rings (SSSR count). The molecule has 176 valence electrons. The van der Waals surface area contributed by atoms with Crippen LogP contribution in [0.4, 0.5) is 14.6 Å². The highest BCUT2D eigenvalue weighted by Crippen LogP contribution is 2.37. The van der Waals surface area contributed by atoms with Gasteiger partial charge in [0.15, 0.2) is 0 Å². The molecule has 3 aromatic heterocycles. The van der Waals surface area contributed by atoms with Crippen LogP contribution in [0.3, 0.4) is 0 Å². The highest BCUT2D eigenvalue weighted by Gasteiger charge is 2.34. The lowest BCUT2D eigenvalue weighted by Crippen LogP contribution is -2.28. The van der Waals surface area contributed by atoms with Crippen molar-refractivity contribution < 1.29 is 18.3 Å². The van der Waals surface area contributed by atoms with Gasteiger partial charge in [-0.2, -0.15) is 0 Å². The quantitative estimate of drug-likeness (QED) is 0.523. The van der Waals surface area contributed by atoms with E-state index < -0.39 is 5.92 Å². The van der Waals surface area contributed by atoms with Gasteiger partial charge in [0.05, 0.1) is 23.6 Å². The standard InChI is InChI=1S/C23H27F2N5O2S/c1-14-18-20(27-10-15-4-7-23(24,25)8-5-15)28-13-29-21(18)33-19(14)22(31)30(2)12-16-6-9-26-11-17(16)32-3/h6,9,11,13,15H,4-5,7-8,10,12H2,1-3H3,(H,27,28,29). The van der Waals surface area contributed by atoms with E-state index in [2.05, 4.69) is 20.3 Å². The number of halogens is 2. The zero-order chi connectivity index (χ0) is 23.6. The lowest BCUT2D eigenvalue weighted by Gasteiger charge is -2.28. The van der Waals surface area contributed by atoms with Gasteiger partial charge >= 0.3 is 0 Å². The second-order valence-corrected chi connectivity index (χ2v) is 9.49. The summed E-state index contributed by atoms with van der Waals surface area (Å²) in [6.45, 7) is 2.84. The Labute approximate surface area is 195 Å². The number of carbonyl (C=O) groups excluding carboxylic acids is 1. The third-order valence-corrected chi connectivity index (χ3v) is 7.35. The largest absolute Gasteiger partial charge is 0.495 e. The number of nitrogens with zero attached hydrogens (tertiary/aromatic N) is 4. The van der Waals surface area contributed by atoms with Crippen molar-refractivity contribution in [2.24, 2.45) is 5.92 Å². The van der Waals surface area contributed by atoms with Crippen LogP contribution in [0, 0.1) is 12.8 Å². The summed E-state index contributed by atoms with van der Waals surface area (Å²) in [6.07, 6.45) is 5.61. The minimum absolute atomic E-state index is 0.0662. The zero-order valence-electron chi connectivity index (χ0n) is 18.9. The number of fused-ring (bicyclic) bond motifs is 1. The summed E-state index contributed by atoms with van der Waals surface area (Å²) in [5.41, 5.74) is 1.68. The van der Waals surface area contributed by atoms with E-state index in [4.69, 9.17) is 4.74 Å². The topological polar surface area (TPSA) is 80.2 Å². The Morgan fingerprint density at radius 3 is 2.82 bits per heavy atom. The SMILES string of the molecule is COc1cnccc1CN(C)C(=O)c1sc2ncnc(NCC3CCC(F)(F)CC3)c2c1C. The van der Waals surface area contributed by atoms with Gasteiger partial charge in [0.1, 0.15) is 22.7 Å². The van der Waals surface area contributed by atoms with Crippen LogP contribution < -0.4 is 10.1 Å². The predicted octanol–water partition coefficient (Wildman–Crippen LogP) is 4.91. The zero-order valence-corrected chi connectivity index (χ0v) is 19.7. The van der Waals surface area contributed by atoms with Gasteiger partial charge in [-0.1, -0.05) is 0 Å². The number of ether oxygens (including phenoxy) is 1. The fourth-order valence-electron chi connectivity index (χ4n) is 4.18. The van der Waals surface area contributed by atoms with Crippen LogP contribution in [0.1, 0.15) is 46.5 Å². The maximum Gasteiger partial charge on any atom is 0.264 e. The number of alkyl halides is 2. The van der Waals surface area contributed by atoms with Crippen LogP contribution in [0.25, 0.3) is 10.2 Å². The lowest BCUT2D eigenvalue weighted by molar-refractivity contribution is -0.0443. The summed E-state index contributed by atoms with van der Waals surface area (Å²) in [6, 6.07) is 1.83. The molecule has 0 spiro atoms. The van der Waals surface area contributed by atoms with E-state index in [0.717, 1.165) is 21.3 Å². The number of hydrogen-bond donors (Lipinski definition) is 1. The molecule has 0 unspecified atom stereocenters. The predicted molar refractivity (Wildman–Crippen MR) is 124 cm³/mol. The second-order valence-electron chi connectivity index (χ2n) is 8.49. The minimum Gasteiger partial charge on any atom is -0.495 e. The van der Waals surface area contributed by atoms with Crippen molar-refractivity contribution in [3.05, 3.63) is 40.8 Å². The third kappa shape index (κ3) is 5.05. The number of methoxy groups -OCH3 is 1. The minimum atomic E-state index is -2.54. The summed E-state index contributed by atoms with van der Waals surface area (Å²) in [5, 5.41) is 4.13. The molecule has 1 aliphatic rings. The van der Waals surface area contributed by atoms with Crippen LogP contribution in [-0.4, -0.2) is 52.4 Å². The number of pyridine rings is 1. The number of amides is 1. The fraction of sp³-hybridized carbons (Fsp3) is 0.478. The smallest absolute Gasteiger partial charge is 0.264 e. The van der Waals surface area contributed by atoms with E-state index >= 15 is 0 Å². The van der Waals surface area contributed by atoms with Gasteiger partial charge in [0, 0.05) is 44.7 Å². The molecule has 0 aromatic carbocycles. The van der Waals surface area contributed by atoms with E-state index in [1.807, 2.05) is 13.0 Å². The molecule has 10 heteroatoms. The van der Waals surface area contributed by atoms with E-state index in [1.165, 1.54) is 17.7 Å². The molecule has 0 atom stereocenters. The van der Waals surface area contributed by atoms with Crippen molar-refractivity contribution in [1.82, 2.24) is 19.9 Å². The van der Waals surface area contributed by atoms with E-state index in [-0.39, 0.29) is 24.7 Å². The van der Waals surface area contributed by atoms with Gasteiger partial charge in [-0.15, -0.1) is 11.3 Å². The summed E-state index contributed by atoms with van der Waals surface area (Å²) in [4.78, 5) is 29.0. The molecule has 0 aliphatic heterocycles. The molecule has 1 fully saturated rings. The third-order valence-electron chi connectivity index (χ3n) is 6.16. The number of aromatic nitrogens is 3. The van der Waals surface area contributed by atoms with Gasteiger partial charge in [-0.3, -0.25) is 9.78 Å². The van der Waals surface area contributed by atoms with Crippen molar-refractivity contribution in [1.29, 1.82) is 0 Å². The Morgan fingerprint density at radius 1 is 1.33 bits per heavy atom. The molecular formula is C23H27F2N5O2S. The monoisotopic (exact) mass is 475 g/mol. The van der Waals surface area contributed by atoms with Gasteiger partial charge < -0.3 is 15.0 Å². The van der Waals surface area contributed by atoms with Gasteiger partial charge in [-0.25, -0.2) is 18.7 Å². The van der Waals surface area contributed by atoms with Crippen molar-refractivity contribution in [2.45, 2.75) is 45.1 Å². The number of nitrogens with one attached hydrogen (secondary N) is 1. The van der Waals surface area contributed by atoms with Gasteiger partial charge in [0.2, 0.25) is 5.92 Å². The number of hydrogen-bond acceptors (Lipinski definition) is 7.